The molecule has 9 heavy (non-hydrogen) atoms. The van der Waals surface area contributed by atoms with E-state index in [0.717, 1.165) is 5.92 Å². The Labute approximate surface area is 62.4 Å². The summed E-state index contributed by atoms with van der Waals surface area (Å²) in [5.74, 6) is 0.719. The van der Waals surface area contributed by atoms with Crippen molar-refractivity contribution in [1.29, 1.82) is 0 Å². The molecule has 1 aliphatic carbocycles. The molecule has 0 aromatic heterocycles. The molecule has 1 saturated carbocycles. The van der Waals surface area contributed by atoms with Crippen molar-refractivity contribution < 1.29 is 4.18 Å². The molecule has 0 aromatic carbocycles. The molecule has 0 aliphatic heterocycles. The normalized spacial score (nSPS) is 36.7. The lowest BCUT2D eigenvalue weighted by Crippen LogP contribution is -2.22. The van der Waals surface area contributed by atoms with E-state index >= 15 is 0 Å². The molecular formula is C7H14OS. The Bertz CT molecular complexity index is 85.0. The van der Waals surface area contributed by atoms with Gasteiger partial charge in [0, 0.05) is 0 Å². The van der Waals surface area contributed by atoms with Gasteiger partial charge < -0.3 is 4.18 Å². The summed E-state index contributed by atoms with van der Waals surface area (Å²) in [5, 5.41) is 0. The lowest BCUT2D eigenvalue weighted by molar-refractivity contribution is 0.129. The molecule has 1 aliphatic rings. The van der Waals surface area contributed by atoms with Crippen LogP contribution in [0.25, 0.3) is 0 Å². The maximum absolute atomic E-state index is 5.00. The first-order chi connectivity index (χ1) is 4.34. The first-order valence-corrected chi connectivity index (χ1v) is 4.01. The van der Waals surface area contributed by atoms with Crippen molar-refractivity contribution in [3.63, 3.8) is 0 Å². The highest BCUT2D eigenvalue weighted by molar-refractivity contribution is 7.75. The second-order valence-electron chi connectivity index (χ2n) is 2.91. The molecule has 0 N–H and O–H groups in total. The van der Waals surface area contributed by atoms with E-state index in [9.17, 15) is 0 Å². The molecule has 1 nitrogen and oxygen atoms in total. The van der Waals surface area contributed by atoms with E-state index in [1.807, 2.05) is 0 Å². The minimum Gasteiger partial charge on any atom is -0.315 e. The summed E-state index contributed by atoms with van der Waals surface area (Å²) in [6, 6.07) is 0. The van der Waals surface area contributed by atoms with Gasteiger partial charge in [-0.15, -0.1) is 0 Å². The smallest absolute Gasteiger partial charge is 0.0744 e. The van der Waals surface area contributed by atoms with Crippen LogP contribution in [0.2, 0.25) is 0 Å². The molecule has 2 heteroatoms. The summed E-state index contributed by atoms with van der Waals surface area (Å²) in [6.45, 7) is 2.24. The third-order valence-corrected chi connectivity index (χ3v) is 2.44. The van der Waals surface area contributed by atoms with Crippen LogP contribution in [0.4, 0.5) is 0 Å². The Balaban J connectivity index is 2.30. The van der Waals surface area contributed by atoms with Gasteiger partial charge in [0.15, 0.2) is 0 Å². The lowest BCUT2D eigenvalue weighted by atomic mass is 9.88. The Morgan fingerprint density at radius 2 is 2.00 bits per heavy atom. The van der Waals surface area contributed by atoms with Gasteiger partial charge in [-0.05, 0) is 31.7 Å². The van der Waals surface area contributed by atoms with Crippen LogP contribution in [0.5, 0.6) is 0 Å². The van der Waals surface area contributed by atoms with Crippen molar-refractivity contribution in [3.05, 3.63) is 0 Å². The van der Waals surface area contributed by atoms with Crippen molar-refractivity contribution in [3.8, 4) is 0 Å². The molecule has 0 heterocycles. The first kappa shape index (κ1) is 7.42. The Hall–Kier alpha value is 0.310. The van der Waals surface area contributed by atoms with Crippen LogP contribution in [-0.4, -0.2) is 6.10 Å². The standard InChI is InChI=1S/C7H14OS/c1-6-4-2-3-5-7(6)8-9/h6-7,9H,2-5H2,1H3/t6-,7+/m0/s1. The Kier molecular flexibility index (Phi) is 2.86. The fraction of sp³-hybridized carbons (Fsp3) is 1.00. The van der Waals surface area contributed by atoms with Gasteiger partial charge in [-0.2, -0.15) is 0 Å². The average molecular weight is 146 g/mol. The molecule has 0 spiro atoms. The van der Waals surface area contributed by atoms with E-state index in [1.165, 1.54) is 25.7 Å². The molecular weight excluding hydrogens is 132 g/mol. The third kappa shape index (κ3) is 1.87. The van der Waals surface area contributed by atoms with Gasteiger partial charge in [0.1, 0.15) is 0 Å². The summed E-state index contributed by atoms with van der Waals surface area (Å²) in [5.41, 5.74) is 0. The minimum absolute atomic E-state index is 0.419. The highest BCUT2D eigenvalue weighted by Gasteiger charge is 2.20. The quantitative estimate of drug-likeness (QED) is 0.441. The zero-order chi connectivity index (χ0) is 6.69. The molecule has 0 amide bonds. The van der Waals surface area contributed by atoms with Gasteiger partial charge in [-0.1, -0.05) is 19.8 Å². The van der Waals surface area contributed by atoms with E-state index < -0.39 is 0 Å². The van der Waals surface area contributed by atoms with E-state index in [1.54, 1.807) is 0 Å². The summed E-state index contributed by atoms with van der Waals surface area (Å²) >= 11 is 3.82. The summed E-state index contributed by atoms with van der Waals surface area (Å²) < 4.78 is 5.00. The third-order valence-electron chi connectivity index (χ3n) is 2.17. The maximum Gasteiger partial charge on any atom is 0.0744 e. The number of hydrogen-bond donors (Lipinski definition) is 1. The molecule has 1 rings (SSSR count). The van der Waals surface area contributed by atoms with Crippen molar-refractivity contribution in [1.82, 2.24) is 0 Å². The van der Waals surface area contributed by atoms with Gasteiger partial charge >= 0.3 is 0 Å². The molecule has 1 fully saturated rings. The zero-order valence-electron chi connectivity index (χ0n) is 5.84. The van der Waals surface area contributed by atoms with Crippen molar-refractivity contribution in [2.24, 2.45) is 5.92 Å². The molecule has 2 atom stereocenters. The fourth-order valence-electron chi connectivity index (χ4n) is 1.44. The lowest BCUT2D eigenvalue weighted by Gasteiger charge is -2.25. The minimum atomic E-state index is 0.419. The predicted molar refractivity (Wildman–Crippen MR) is 41.5 cm³/mol. The average Bonchev–Trinajstić information content (AvgIpc) is 1.89. The molecule has 0 radical (unpaired) electrons. The molecule has 0 bridgehead atoms. The number of rotatable bonds is 1. The SMILES string of the molecule is C[C@H]1CCCC[C@H]1OS. The topological polar surface area (TPSA) is 9.23 Å². The van der Waals surface area contributed by atoms with E-state index in [-0.39, 0.29) is 0 Å². The van der Waals surface area contributed by atoms with Crippen LogP contribution in [0, 0.1) is 5.92 Å². The van der Waals surface area contributed by atoms with Crippen LogP contribution in [0.3, 0.4) is 0 Å². The highest BCUT2D eigenvalue weighted by Crippen LogP contribution is 2.26. The number of hydrogen-bond acceptors (Lipinski definition) is 2. The maximum atomic E-state index is 5.00. The Morgan fingerprint density at radius 3 is 2.44 bits per heavy atom. The van der Waals surface area contributed by atoms with E-state index in [4.69, 9.17) is 4.18 Å². The molecule has 54 valence electrons. The largest absolute Gasteiger partial charge is 0.315 e. The molecule has 0 aromatic rings. The number of thiol groups is 1. The monoisotopic (exact) mass is 146 g/mol. The van der Waals surface area contributed by atoms with Gasteiger partial charge in [0.05, 0.1) is 6.10 Å². The fourth-order valence-corrected chi connectivity index (χ4v) is 1.75. The van der Waals surface area contributed by atoms with Gasteiger partial charge in [-0.25, -0.2) is 0 Å². The molecule has 0 unspecified atom stereocenters. The molecule has 0 saturated heterocycles. The van der Waals surface area contributed by atoms with Gasteiger partial charge in [-0.3, -0.25) is 0 Å². The second-order valence-corrected chi connectivity index (χ2v) is 3.12. The van der Waals surface area contributed by atoms with Crippen LogP contribution in [-0.2, 0) is 4.18 Å². The second kappa shape index (κ2) is 3.47. The van der Waals surface area contributed by atoms with Crippen molar-refractivity contribution in [2.45, 2.75) is 38.7 Å². The van der Waals surface area contributed by atoms with Gasteiger partial charge in [0.25, 0.3) is 0 Å². The van der Waals surface area contributed by atoms with E-state index in [0.29, 0.717) is 6.10 Å². The van der Waals surface area contributed by atoms with Crippen molar-refractivity contribution >= 4 is 12.9 Å². The van der Waals surface area contributed by atoms with Crippen LogP contribution in [0.15, 0.2) is 0 Å². The summed E-state index contributed by atoms with van der Waals surface area (Å²) in [6.07, 6.45) is 5.61. The van der Waals surface area contributed by atoms with Crippen LogP contribution in [0.1, 0.15) is 32.6 Å². The highest BCUT2D eigenvalue weighted by atomic mass is 32.1. The predicted octanol–water partition coefficient (Wildman–Crippen LogP) is 2.43. The summed E-state index contributed by atoms with van der Waals surface area (Å²) in [4.78, 5) is 0. The zero-order valence-corrected chi connectivity index (χ0v) is 6.73. The first-order valence-electron chi connectivity index (χ1n) is 3.65. The Morgan fingerprint density at radius 1 is 1.33 bits per heavy atom. The summed E-state index contributed by atoms with van der Waals surface area (Å²) in [7, 11) is 0. The van der Waals surface area contributed by atoms with Crippen molar-refractivity contribution in [2.75, 3.05) is 0 Å². The van der Waals surface area contributed by atoms with Gasteiger partial charge in [0.2, 0.25) is 0 Å². The van der Waals surface area contributed by atoms with Crippen LogP contribution >= 0.6 is 12.9 Å². The van der Waals surface area contributed by atoms with Crippen LogP contribution < -0.4 is 0 Å². The van der Waals surface area contributed by atoms with E-state index in [2.05, 4.69) is 19.8 Å².